The Morgan fingerprint density at radius 2 is 2.33 bits per heavy atom. The molecule has 0 aliphatic heterocycles. The fourth-order valence-corrected chi connectivity index (χ4v) is 2.37. The predicted molar refractivity (Wildman–Crippen MR) is 68.4 cm³/mol. The molecule has 2 aromatic rings. The van der Waals surface area contributed by atoms with E-state index in [1.54, 1.807) is 17.5 Å². The smallest absolute Gasteiger partial charge is 0.0564 e. The highest BCUT2D eigenvalue weighted by molar-refractivity contribution is 9.10. The first-order valence-electron chi connectivity index (χ1n) is 4.58. The van der Waals surface area contributed by atoms with Crippen LogP contribution in [0.1, 0.15) is 5.56 Å². The van der Waals surface area contributed by atoms with Crippen molar-refractivity contribution in [1.29, 1.82) is 0 Å². The summed E-state index contributed by atoms with van der Waals surface area (Å²) < 4.78 is 1.01. The third-order valence-electron chi connectivity index (χ3n) is 2.13. The standard InChI is InChI=1S/C11H11BrN2S/c1-14(7-9-2-3-15-8-9)11-4-10(12)5-13-6-11/h2-6,8H,7H2,1H3. The van der Waals surface area contributed by atoms with Crippen LogP contribution in [-0.4, -0.2) is 12.0 Å². The number of hydrogen-bond acceptors (Lipinski definition) is 3. The molecule has 0 spiro atoms. The Morgan fingerprint density at radius 3 is 3.00 bits per heavy atom. The summed E-state index contributed by atoms with van der Waals surface area (Å²) in [6.07, 6.45) is 3.67. The van der Waals surface area contributed by atoms with Crippen LogP contribution in [0.5, 0.6) is 0 Å². The maximum absolute atomic E-state index is 4.15. The van der Waals surface area contributed by atoms with Gasteiger partial charge in [0.25, 0.3) is 0 Å². The lowest BCUT2D eigenvalue weighted by atomic mass is 10.3. The average Bonchev–Trinajstić information content (AvgIpc) is 2.70. The van der Waals surface area contributed by atoms with Gasteiger partial charge < -0.3 is 4.90 Å². The molecule has 0 bridgehead atoms. The third kappa shape index (κ3) is 2.79. The first kappa shape index (κ1) is 10.6. The van der Waals surface area contributed by atoms with E-state index in [1.807, 2.05) is 6.20 Å². The molecule has 0 amide bonds. The largest absolute Gasteiger partial charge is 0.369 e. The van der Waals surface area contributed by atoms with Gasteiger partial charge in [0.2, 0.25) is 0 Å². The van der Waals surface area contributed by atoms with Crippen LogP contribution < -0.4 is 4.90 Å². The van der Waals surface area contributed by atoms with E-state index in [0.29, 0.717) is 0 Å². The van der Waals surface area contributed by atoms with Gasteiger partial charge in [-0.15, -0.1) is 0 Å². The van der Waals surface area contributed by atoms with Gasteiger partial charge in [-0.2, -0.15) is 11.3 Å². The molecule has 0 aliphatic rings. The summed E-state index contributed by atoms with van der Waals surface area (Å²) >= 11 is 5.15. The molecule has 2 nitrogen and oxygen atoms in total. The van der Waals surface area contributed by atoms with E-state index in [2.05, 4.69) is 55.8 Å². The lowest BCUT2D eigenvalue weighted by Gasteiger charge is -2.18. The molecule has 0 unspecified atom stereocenters. The summed E-state index contributed by atoms with van der Waals surface area (Å²) in [5, 5.41) is 4.27. The van der Waals surface area contributed by atoms with Gasteiger partial charge in [-0.3, -0.25) is 4.98 Å². The minimum atomic E-state index is 0.918. The molecule has 4 heteroatoms. The molecule has 15 heavy (non-hydrogen) atoms. The van der Waals surface area contributed by atoms with Crippen LogP contribution in [-0.2, 0) is 6.54 Å². The van der Waals surface area contributed by atoms with Gasteiger partial charge in [0.1, 0.15) is 0 Å². The Morgan fingerprint density at radius 1 is 1.47 bits per heavy atom. The van der Waals surface area contributed by atoms with Crippen LogP contribution in [0, 0.1) is 0 Å². The minimum absolute atomic E-state index is 0.918. The van der Waals surface area contributed by atoms with Crippen molar-refractivity contribution in [1.82, 2.24) is 4.98 Å². The van der Waals surface area contributed by atoms with E-state index in [-0.39, 0.29) is 0 Å². The molecular weight excluding hydrogens is 272 g/mol. The quantitative estimate of drug-likeness (QED) is 0.856. The number of hydrogen-bond donors (Lipinski definition) is 0. The second kappa shape index (κ2) is 4.77. The van der Waals surface area contributed by atoms with E-state index < -0.39 is 0 Å². The van der Waals surface area contributed by atoms with E-state index >= 15 is 0 Å². The average molecular weight is 283 g/mol. The Bertz CT molecular complexity index is 428. The van der Waals surface area contributed by atoms with Crippen LogP contribution >= 0.6 is 27.3 Å². The van der Waals surface area contributed by atoms with Gasteiger partial charge in [-0.25, -0.2) is 0 Å². The number of thiophene rings is 1. The summed E-state index contributed by atoms with van der Waals surface area (Å²) in [6.45, 7) is 0.918. The second-order valence-electron chi connectivity index (χ2n) is 3.35. The molecule has 2 aromatic heterocycles. The van der Waals surface area contributed by atoms with E-state index in [9.17, 15) is 0 Å². The Labute approximate surface area is 102 Å². The van der Waals surface area contributed by atoms with E-state index in [0.717, 1.165) is 16.7 Å². The SMILES string of the molecule is CN(Cc1ccsc1)c1cncc(Br)c1. The monoisotopic (exact) mass is 282 g/mol. The predicted octanol–water partition coefficient (Wildman–Crippen LogP) is 3.54. The van der Waals surface area contributed by atoms with Crippen LogP contribution in [0.25, 0.3) is 0 Å². The Hall–Kier alpha value is -0.870. The first-order valence-corrected chi connectivity index (χ1v) is 6.32. The maximum atomic E-state index is 4.15. The van der Waals surface area contributed by atoms with Crippen molar-refractivity contribution in [2.24, 2.45) is 0 Å². The van der Waals surface area contributed by atoms with Gasteiger partial charge in [0.15, 0.2) is 0 Å². The Kier molecular flexibility index (Phi) is 3.38. The summed E-state index contributed by atoms with van der Waals surface area (Å²) in [7, 11) is 2.07. The number of rotatable bonds is 3. The van der Waals surface area contributed by atoms with Crippen molar-refractivity contribution in [3.05, 3.63) is 45.3 Å². The highest BCUT2D eigenvalue weighted by Gasteiger charge is 2.03. The van der Waals surface area contributed by atoms with Crippen LogP contribution in [0.15, 0.2) is 39.8 Å². The molecule has 2 heterocycles. The zero-order chi connectivity index (χ0) is 10.7. The highest BCUT2D eigenvalue weighted by atomic mass is 79.9. The molecule has 78 valence electrons. The minimum Gasteiger partial charge on any atom is -0.369 e. The molecule has 0 saturated carbocycles. The number of pyridine rings is 1. The summed E-state index contributed by atoms with van der Waals surface area (Å²) in [6, 6.07) is 4.21. The fraction of sp³-hybridized carbons (Fsp3) is 0.182. The van der Waals surface area contributed by atoms with Crippen molar-refractivity contribution >= 4 is 33.0 Å². The molecule has 0 N–H and O–H groups in total. The molecule has 0 aliphatic carbocycles. The first-order chi connectivity index (χ1) is 7.25. The summed E-state index contributed by atoms with van der Waals surface area (Å²) in [5.74, 6) is 0. The number of halogens is 1. The zero-order valence-corrected chi connectivity index (χ0v) is 10.8. The van der Waals surface area contributed by atoms with Gasteiger partial charge in [0.05, 0.1) is 11.9 Å². The third-order valence-corrected chi connectivity index (χ3v) is 3.30. The molecule has 0 aromatic carbocycles. The van der Waals surface area contributed by atoms with E-state index in [4.69, 9.17) is 0 Å². The zero-order valence-electron chi connectivity index (χ0n) is 8.35. The fourth-order valence-electron chi connectivity index (χ4n) is 1.36. The number of nitrogens with zero attached hydrogens (tertiary/aromatic N) is 2. The highest BCUT2D eigenvalue weighted by Crippen LogP contribution is 2.19. The van der Waals surface area contributed by atoms with Crippen molar-refractivity contribution in [2.45, 2.75) is 6.54 Å². The Balaban J connectivity index is 2.11. The van der Waals surface area contributed by atoms with Crippen molar-refractivity contribution in [2.75, 3.05) is 11.9 Å². The molecular formula is C11H11BrN2S. The van der Waals surface area contributed by atoms with Crippen LogP contribution in [0.2, 0.25) is 0 Å². The van der Waals surface area contributed by atoms with Gasteiger partial charge in [-0.05, 0) is 44.4 Å². The lowest BCUT2D eigenvalue weighted by Crippen LogP contribution is -2.15. The van der Waals surface area contributed by atoms with Gasteiger partial charge >= 0.3 is 0 Å². The maximum Gasteiger partial charge on any atom is 0.0564 e. The molecule has 0 fully saturated rings. The van der Waals surface area contributed by atoms with Crippen LogP contribution in [0.3, 0.4) is 0 Å². The normalized spacial score (nSPS) is 10.3. The topological polar surface area (TPSA) is 16.1 Å². The van der Waals surface area contributed by atoms with Crippen molar-refractivity contribution in [3.63, 3.8) is 0 Å². The number of aromatic nitrogens is 1. The van der Waals surface area contributed by atoms with E-state index in [1.165, 1.54) is 5.56 Å². The second-order valence-corrected chi connectivity index (χ2v) is 5.04. The number of anilines is 1. The van der Waals surface area contributed by atoms with Crippen molar-refractivity contribution in [3.8, 4) is 0 Å². The van der Waals surface area contributed by atoms with Crippen molar-refractivity contribution < 1.29 is 0 Å². The van der Waals surface area contributed by atoms with Gasteiger partial charge in [-0.1, -0.05) is 0 Å². The van der Waals surface area contributed by atoms with Gasteiger partial charge in [0, 0.05) is 24.3 Å². The molecule has 0 radical (unpaired) electrons. The molecule has 2 rings (SSSR count). The molecule has 0 saturated heterocycles. The summed E-state index contributed by atoms with van der Waals surface area (Å²) in [5.41, 5.74) is 2.46. The van der Waals surface area contributed by atoms with Crippen LogP contribution in [0.4, 0.5) is 5.69 Å². The lowest BCUT2D eigenvalue weighted by molar-refractivity contribution is 0.921. The summed E-state index contributed by atoms with van der Waals surface area (Å²) in [4.78, 5) is 6.33. The molecule has 0 atom stereocenters.